The summed E-state index contributed by atoms with van der Waals surface area (Å²) >= 11 is 4.09. The van der Waals surface area contributed by atoms with Crippen LogP contribution in [0.15, 0.2) is 18.3 Å². The van der Waals surface area contributed by atoms with Crippen molar-refractivity contribution >= 4 is 24.5 Å². The van der Waals surface area contributed by atoms with E-state index < -0.39 is 6.09 Å². The maximum atomic E-state index is 10.4. The first-order valence-electron chi connectivity index (χ1n) is 4.96. The van der Waals surface area contributed by atoms with Crippen molar-refractivity contribution in [2.45, 2.75) is 24.6 Å². The Morgan fingerprint density at radius 1 is 1.69 bits per heavy atom. The fourth-order valence-corrected chi connectivity index (χ4v) is 1.51. The van der Waals surface area contributed by atoms with Gasteiger partial charge in [-0.25, -0.2) is 9.78 Å². The summed E-state index contributed by atoms with van der Waals surface area (Å²) in [6, 6.07) is 3.58. The average molecular weight is 241 g/mol. The van der Waals surface area contributed by atoms with Crippen LogP contribution in [0.1, 0.15) is 18.4 Å². The Morgan fingerprint density at radius 2 is 2.44 bits per heavy atom. The van der Waals surface area contributed by atoms with Gasteiger partial charge in [-0.2, -0.15) is 12.6 Å². The number of rotatable bonds is 5. The van der Waals surface area contributed by atoms with Crippen molar-refractivity contribution in [2.75, 3.05) is 5.32 Å². The van der Waals surface area contributed by atoms with E-state index in [9.17, 15) is 4.79 Å². The van der Waals surface area contributed by atoms with Gasteiger partial charge in [0.05, 0.1) is 0 Å². The van der Waals surface area contributed by atoms with Crippen molar-refractivity contribution in [3.63, 3.8) is 0 Å². The zero-order valence-corrected chi connectivity index (χ0v) is 9.65. The minimum atomic E-state index is -1.11. The number of hydrogen-bond donors (Lipinski definition) is 4. The number of carbonyl (C=O) groups is 1. The monoisotopic (exact) mass is 241 g/mol. The molecule has 1 unspecified atom stereocenters. The molecule has 0 bridgehead atoms. The third-order valence-electron chi connectivity index (χ3n) is 2.02. The van der Waals surface area contributed by atoms with Crippen molar-refractivity contribution in [1.29, 1.82) is 0 Å². The maximum Gasteiger partial charge on any atom is 0.410 e. The molecule has 0 radical (unpaired) electrons. The number of aryl methyl sites for hydroxylation is 1. The van der Waals surface area contributed by atoms with E-state index in [2.05, 4.69) is 22.9 Å². The third-order valence-corrected chi connectivity index (χ3v) is 2.28. The van der Waals surface area contributed by atoms with E-state index in [1.807, 2.05) is 6.07 Å². The molecule has 16 heavy (non-hydrogen) atoms. The van der Waals surface area contributed by atoms with Gasteiger partial charge >= 0.3 is 6.09 Å². The highest BCUT2D eigenvalue weighted by molar-refractivity contribution is 7.80. The van der Waals surface area contributed by atoms with E-state index in [1.54, 1.807) is 12.3 Å². The lowest BCUT2D eigenvalue weighted by Crippen LogP contribution is -2.11. The molecule has 1 heterocycles. The number of pyridine rings is 1. The lowest BCUT2D eigenvalue weighted by Gasteiger charge is -2.05. The van der Waals surface area contributed by atoms with Crippen molar-refractivity contribution in [3.05, 3.63) is 23.9 Å². The Hall–Kier alpha value is -1.27. The van der Waals surface area contributed by atoms with Crippen LogP contribution >= 0.6 is 12.6 Å². The van der Waals surface area contributed by atoms with E-state index in [0.29, 0.717) is 5.82 Å². The molecule has 1 aromatic heterocycles. The highest BCUT2D eigenvalue weighted by atomic mass is 32.1. The Kier molecular flexibility index (Phi) is 5.07. The standard InChI is InChI=1S/C10H15N3O2S/c11-8(16)3-1-2-7-4-5-12-9(6-7)13-10(14)15/h4-6,8,16H,1-3,11H2,(H,12,13)(H,14,15). The first-order chi connectivity index (χ1) is 7.58. The topological polar surface area (TPSA) is 88.2 Å². The number of thiol groups is 1. The second kappa shape index (κ2) is 6.34. The quantitative estimate of drug-likeness (QED) is 0.467. The molecule has 6 heteroatoms. The number of amides is 1. The Bertz CT molecular complexity index is 358. The number of anilines is 1. The molecule has 1 amide bonds. The normalized spacial score (nSPS) is 12.1. The van der Waals surface area contributed by atoms with Crippen LogP contribution in [0.4, 0.5) is 10.6 Å². The van der Waals surface area contributed by atoms with Gasteiger partial charge in [0.25, 0.3) is 0 Å². The van der Waals surface area contributed by atoms with Gasteiger partial charge in [-0.3, -0.25) is 5.32 Å². The molecule has 0 aliphatic rings. The first kappa shape index (κ1) is 12.8. The Morgan fingerprint density at radius 3 is 3.06 bits per heavy atom. The highest BCUT2D eigenvalue weighted by Crippen LogP contribution is 2.11. The molecule has 4 N–H and O–H groups in total. The molecule has 88 valence electrons. The fraction of sp³-hybridized carbons (Fsp3) is 0.400. The number of nitrogens with one attached hydrogen (secondary N) is 1. The van der Waals surface area contributed by atoms with Gasteiger partial charge < -0.3 is 10.8 Å². The summed E-state index contributed by atoms with van der Waals surface area (Å²) in [5.41, 5.74) is 6.55. The van der Waals surface area contributed by atoms with Crippen LogP contribution in [0.2, 0.25) is 0 Å². The van der Waals surface area contributed by atoms with Gasteiger partial charge in [-0.1, -0.05) is 0 Å². The van der Waals surface area contributed by atoms with Crippen LogP contribution in [0.25, 0.3) is 0 Å². The first-order valence-corrected chi connectivity index (χ1v) is 5.48. The largest absolute Gasteiger partial charge is 0.465 e. The Labute approximate surface area is 99.5 Å². The van der Waals surface area contributed by atoms with Crippen LogP contribution in [-0.4, -0.2) is 21.6 Å². The highest BCUT2D eigenvalue weighted by Gasteiger charge is 2.01. The number of carboxylic acid groups (broad SMARTS) is 1. The van der Waals surface area contributed by atoms with Crippen molar-refractivity contribution in [1.82, 2.24) is 4.98 Å². The second-order valence-corrected chi connectivity index (χ2v) is 4.10. The average Bonchev–Trinajstić information content (AvgIpc) is 2.16. The number of nitrogens with zero attached hydrogens (tertiary/aromatic N) is 1. The van der Waals surface area contributed by atoms with E-state index in [1.165, 1.54) is 0 Å². The van der Waals surface area contributed by atoms with Gasteiger partial charge in [-0.05, 0) is 37.0 Å². The molecule has 0 saturated heterocycles. The molecule has 0 saturated carbocycles. The summed E-state index contributed by atoms with van der Waals surface area (Å²) in [5, 5.41) is 10.6. The predicted octanol–water partition coefficient (Wildman–Crippen LogP) is 1.71. The predicted molar refractivity (Wildman–Crippen MR) is 65.8 cm³/mol. The molecule has 0 spiro atoms. The number of nitrogens with two attached hydrogens (primary N) is 1. The van der Waals surface area contributed by atoms with Gasteiger partial charge in [0.1, 0.15) is 5.82 Å². The summed E-state index contributed by atoms with van der Waals surface area (Å²) in [6.07, 6.45) is 3.06. The molecule has 0 aliphatic carbocycles. The van der Waals surface area contributed by atoms with Crippen LogP contribution in [0, 0.1) is 0 Å². The minimum absolute atomic E-state index is 0.0987. The molecule has 0 aromatic carbocycles. The maximum absolute atomic E-state index is 10.4. The smallest absolute Gasteiger partial charge is 0.410 e. The molecule has 5 nitrogen and oxygen atoms in total. The van der Waals surface area contributed by atoms with Crippen molar-refractivity contribution < 1.29 is 9.90 Å². The molecule has 0 fully saturated rings. The summed E-state index contributed by atoms with van der Waals surface area (Å²) in [5.74, 6) is 0.347. The van der Waals surface area contributed by atoms with Crippen molar-refractivity contribution in [3.8, 4) is 0 Å². The second-order valence-electron chi connectivity index (χ2n) is 3.44. The van der Waals surface area contributed by atoms with E-state index in [0.717, 1.165) is 24.8 Å². The van der Waals surface area contributed by atoms with Crippen LogP contribution < -0.4 is 11.1 Å². The fourth-order valence-electron chi connectivity index (χ4n) is 1.32. The lowest BCUT2D eigenvalue weighted by molar-refractivity contribution is 0.209. The molecule has 1 rings (SSSR count). The lowest BCUT2D eigenvalue weighted by atomic mass is 10.1. The zero-order valence-electron chi connectivity index (χ0n) is 8.76. The number of aromatic nitrogens is 1. The summed E-state index contributed by atoms with van der Waals surface area (Å²) < 4.78 is 0. The van der Waals surface area contributed by atoms with Gasteiger partial charge in [0, 0.05) is 11.6 Å². The third kappa shape index (κ3) is 4.99. The SMILES string of the molecule is NC(S)CCCc1ccnc(NC(=O)O)c1. The zero-order chi connectivity index (χ0) is 12.0. The van der Waals surface area contributed by atoms with Crippen LogP contribution in [0.5, 0.6) is 0 Å². The van der Waals surface area contributed by atoms with E-state index >= 15 is 0 Å². The van der Waals surface area contributed by atoms with E-state index in [-0.39, 0.29) is 5.37 Å². The van der Waals surface area contributed by atoms with Gasteiger partial charge in [0.2, 0.25) is 0 Å². The van der Waals surface area contributed by atoms with Crippen LogP contribution in [0.3, 0.4) is 0 Å². The summed E-state index contributed by atoms with van der Waals surface area (Å²) in [6.45, 7) is 0. The van der Waals surface area contributed by atoms with E-state index in [4.69, 9.17) is 10.8 Å². The molecular weight excluding hydrogens is 226 g/mol. The molecule has 0 aliphatic heterocycles. The summed E-state index contributed by atoms with van der Waals surface area (Å²) in [7, 11) is 0. The molecular formula is C10H15N3O2S. The van der Waals surface area contributed by atoms with Crippen molar-refractivity contribution in [2.24, 2.45) is 5.73 Å². The summed E-state index contributed by atoms with van der Waals surface area (Å²) in [4.78, 5) is 14.3. The van der Waals surface area contributed by atoms with Crippen LogP contribution in [-0.2, 0) is 6.42 Å². The minimum Gasteiger partial charge on any atom is -0.465 e. The molecule has 1 aromatic rings. The van der Waals surface area contributed by atoms with Gasteiger partial charge in [-0.15, -0.1) is 0 Å². The number of hydrogen-bond acceptors (Lipinski definition) is 4. The Balaban J connectivity index is 2.50. The molecule has 1 atom stereocenters. The van der Waals surface area contributed by atoms with Gasteiger partial charge in [0.15, 0.2) is 0 Å².